The molecule has 2 amide bonds. The second-order valence-corrected chi connectivity index (χ2v) is 6.94. The van der Waals surface area contributed by atoms with Gasteiger partial charge in [-0.1, -0.05) is 37.3 Å². The number of carbonyl (C=O) groups excluding carboxylic acids is 2. The van der Waals surface area contributed by atoms with Crippen molar-refractivity contribution in [3.05, 3.63) is 57.8 Å². The summed E-state index contributed by atoms with van der Waals surface area (Å²) in [6.45, 7) is 3.47. The zero-order chi connectivity index (χ0) is 17.6. The van der Waals surface area contributed by atoms with Crippen LogP contribution in [-0.2, 0) is 16.0 Å². The Morgan fingerprint density at radius 2 is 2.12 bits per heavy atom. The summed E-state index contributed by atoms with van der Waals surface area (Å²) in [5, 5.41) is 5.11. The molecule has 25 heavy (non-hydrogen) atoms. The van der Waals surface area contributed by atoms with Crippen LogP contribution in [0.5, 0.6) is 0 Å². The van der Waals surface area contributed by atoms with Gasteiger partial charge in [0, 0.05) is 17.8 Å². The number of nitrogens with zero attached hydrogens (tertiary/aromatic N) is 1. The van der Waals surface area contributed by atoms with Crippen LogP contribution >= 0.6 is 11.3 Å². The molecule has 1 aromatic carbocycles. The van der Waals surface area contributed by atoms with E-state index < -0.39 is 0 Å². The van der Waals surface area contributed by atoms with Crippen molar-refractivity contribution >= 4 is 23.3 Å². The Bertz CT molecular complexity index is 713. The van der Waals surface area contributed by atoms with E-state index in [1.54, 1.807) is 16.2 Å². The van der Waals surface area contributed by atoms with Gasteiger partial charge in [0.05, 0.1) is 12.6 Å². The second-order valence-electron chi connectivity index (χ2n) is 5.96. The standard InChI is InChI=1S/C19H22N2O3S/c1-2-14-5-7-15(8-6-14)18(16-4-3-13-25-16)20-17(22)9-10-21-11-12-24-19(21)23/h3-8,13,18H,2,9-12H2,1H3,(H,20,22). The first kappa shape index (κ1) is 17.5. The van der Waals surface area contributed by atoms with Crippen LogP contribution in [0.2, 0.25) is 0 Å². The fourth-order valence-electron chi connectivity index (χ4n) is 2.82. The smallest absolute Gasteiger partial charge is 0.409 e. The van der Waals surface area contributed by atoms with Gasteiger partial charge in [-0.25, -0.2) is 4.79 Å². The van der Waals surface area contributed by atoms with Gasteiger partial charge in [0.15, 0.2) is 0 Å². The number of aryl methyl sites for hydroxylation is 1. The molecule has 2 heterocycles. The molecule has 1 saturated heterocycles. The number of hydrogen-bond acceptors (Lipinski definition) is 4. The van der Waals surface area contributed by atoms with Gasteiger partial charge in [-0.3, -0.25) is 4.79 Å². The molecule has 1 aliphatic rings. The van der Waals surface area contributed by atoms with Gasteiger partial charge >= 0.3 is 6.09 Å². The largest absolute Gasteiger partial charge is 0.448 e. The van der Waals surface area contributed by atoms with Crippen LogP contribution in [0.3, 0.4) is 0 Å². The number of benzene rings is 1. The molecular weight excluding hydrogens is 336 g/mol. The number of nitrogens with one attached hydrogen (secondary N) is 1. The molecular formula is C19H22N2O3S. The van der Waals surface area contributed by atoms with Gasteiger partial charge in [-0.2, -0.15) is 0 Å². The highest BCUT2D eigenvalue weighted by atomic mass is 32.1. The topological polar surface area (TPSA) is 58.6 Å². The summed E-state index contributed by atoms with van der Waals surface area (Å²) < 4.78 is 4.89. The third-order valence-electron chi connectivity index (χ3n) is 4.31. The van der Waals surface area contributed by atoms with Crippen molar-refractivity contribution in [2.45, 2.75) is 25.8 Å². The minimum atomic E-state index is -0.335. The highest BCUT2D eigenvalue weighted by molar-refractivity contribution is 7.10. The first-order chi connectivity index (χ1) is 12.2. The van der Waals surface area contributed by atoms with Crippen LogP contribution < -0.4 is 5.32 Å². The van der Waals surface area contributed by atoms with Gasteiger partial charge in [0.2, 0.25) is 5.91 Å². The molecule has 1 fully saturated rings. The average molecular weight is 358 g/mol. The highest BCUT2D eigenvalue weighted by Gasteiger charge is 2.23. The summed E-state index contributed by atoms with van der Waals surface area (Å²) in [6.07, 6.45) is 0.921. The maximum Gasteiger partial charge on any atom is 0.409 e. The van der Waals surface area contributed by atoms with E-state index >= 15 is 0 Å². The molecule has 1 atom stereocenters. The lowest BCUT2D eigenvalue weighted by Gasteiger charge is -2.19. The van der Waals surface area contributed by atoms with E-state index in [4.69, 9.17) is 4.74 Å². The van der Waals surface area contributed by atoms with Gasteiger partial charge in [-0.15, -0.1) is 11.3 Å². The molecule has 1 unspecified atom stereocenters. The summed E-state index contributed by atoms with van der Waals surface area (Å²) in [5.74, 6) is -0.0716. The molecule has 0 saturated carbocycles. The average Bonchev–Trinajstić information content (AvgIpc) is 3.30. The zero-order valence-corrected chi connectivity index (χ0v) is 15.1. The third-order valence-corrected chi connectivity index (χ3v) is 5.25. The van der Waals surface area contributed by atoms with Crippen molar-refractivity contribution in [1.82, 2.24) is 10.2 Å². The first-order valence-electron chi connectivity index (χ1n) is 8.50. The molecule has 3 rings (SSSR count). The number of hydrogen-bond donors (Lipinski definition) is 1. The van der Waals surface area contributed by atoms with Crippen LogP contribution in [-0.4, -0.2) is 36.6 Å². The molecule has 5 nitrogen and oxygen atoms in total. The van der Waals surface area contributed by atoms with Crippen LogP contribution in [0, 0.1) is 0 Å². The molecule has 0 bridgehead atoms. The first-order valence-corrected chi connectivity index (χ1v) is 9.38. The van der Waals surface area contributed by atoms with E-state index in [1.165, 1.54) is 5.56 Å². The van der Waals surface area contributed by atoms with Crippen molar-refractivity contribution in [3.8, 4) is 0 Å². The van der Waals surface area contributed by atoms with E-state index in [0.29, 0.717) is 19.7 Å². The summed E-state index contributed by atoms with van der Waals surface area (Å²) in [4.78, 5) is 26.5. The molecule has 1 aliphatic heterocycles. The maximum atomic E-state index is 12.4. The minimum absolute atomic E-state index is 0.0716. The van der Waals surface area contributed by atoms with Crippen molar-refractivity contribution in [2.24, 2.45) is 0 Å². The molecule has 2 aromatic rings. The highest BCUT2D eigenvalue weighted by Crippen LogP contribution is 2.26. The van der Waals surface area contributed by atoms with Gasteiger partial charge in [0.25, 0.3) is 0 Å². The van der Waals surface area contributed by atoms with Crippen molar-refractivity contribution in [1.29, 1.82) is 0 Å². The third kappa shape index (κ3) is 4.39. The predicted molar refractivity (Wildman–Crippen MR) is 97.7 cm³/mol. The number of carbonyl (C=O) groups is 2. The Labute approximate surface area is 151 Å². The molecule has 1 N–H and O–H groups in total. The number of thiophene rings is 1. The predicted octanol–water partition coefficient (Wildman–Crippen LogP) is 3.36. The lowest BCUT2D eigenvalue weighted by molar-refractivity contribution is -0.121. The molecule has 0 radical (unpaired) electrons. The Morgan fingerprint density at radius 1 is 1.32 bits per heavy atom. The van der Waals surface area contributed by atoms with Gasteiger partial charge in [0.1, 0.15) is 6.61 Å². The minimum Gasteiger partial charge on any atom is -0.448 e. The Balaban J connectivity index is 1.67. The Kier molecular flexibility index (Phi) is 5.71. The monoisotopic (exact) mass is 358 g/mol. The van der Waals surface area contributed by atoms with Crippen LogP contribution in [0.25, 0.3) is 0 Å². The van der Waals surface area contributed by atoms with E-state index in [0.717, 1.165) is 16.9 Å². The molecule has 6 heteroatoms. The van der Waals surface area contributed by atoms with E-state index in [1.807, 2.05) is 17.5 Å². The lowest BCUT2D eigenvalue weighted by Crippen LogP contribution is -2.33. The number of cyclic esters (lactones) is 1. The SMILES string of the molecule is CCc1ccc(C(NC(=O)CCN2CCOC2=O)c2cccs2)cc1. The van der Waals surface area contributed by atoms with Gasteiger partial charge < -0.3 is 15.0 Å². The van der Waals surface area contributed by atoms with E-state index in [2.05, 4.69) is 36.5 Å². The maximum absolute atomic E-state index is 12.4. The quantitative estimate of drug-likeness (QED) is 0.826. The molecule has 1 aromatic heterocycles. The second kappa shape index (κ2) is 8.16. The number of amides is 2. The number of rotatable bonds is 7. The summed E-state index contributed by atoms with van der Waals surface area (Å²) in [5.41, 5.74) is 2.33. The van der Waals surface area contributed by atoms with E-state index in [9.17, 15) is 9.59 Å². The Morgan fingerprint density at radius 3 is 2.72 bits per heavy atom. The zero-order valence-electron chi connectivity index (χ0n) is 14.2. The summed E-state index contributed by atoms with van der Waals surface area (Å²) in [6, 6.07) is 12.2. The number of ether oxygens (including phenoxy) is 1. The fourth-order valence-corrected chi connectivity index (χ4v) is 3.62. The molecule has 0 spiro atoms. The van der Waals surface area contributed by atoms with Crippen molar-refractivity contribution < 1.29 is 14.3 Å². The Hall–Kier alpha value is -2.34. The lowest BCUT2D eigenvalue weighted by atomic mass is 10.0. The molecule has 0 aliphatic carbocycles. The van der Waals surface area contributed by atoms with Crippen molar-refractivity contribution in [3.63, 3.8) is 0 Å². The summed E-state index contributed by atoms with van der Waals surface area (Å²) in [7, 11) is 0. The van der Waals surface area contributed by atoms with Crippen LogP contribution in [0.4, 0.5) is 4.79 Å². The fraction of sp³-hybridized carbons (Fsp3) is 0.368. The normalized spacial score (nSPS) is 15.1. The molecule has 132 valence electrons. The van der Waals surface area contributed by atoms with Crippen LogP contribution in [0.1, 0.15) is 35.4 Å². The van der Waals surface area contributed by atoms with E-state index in [-0.39, 0.29) is 24.5 Å². The summed E-state index contributed by atoms with van der Waals surface area (Å²) >= 11 is 1.62. The van der Waals surface area contributed by atoms with Crippen molar-refractivity contribution in [2.75, 3.05) is 19.7 Å². The van der Waals surface area contributed by atoms with Crippen LogP contribution in [0.15, 0.2) is 41.8 Å². The van der Waals surface area contributed by atoms with Gasteiger partial charge in [-0.05, 0) is 29.0 Å².